The first kappa shape index (κ1) is 23.2. The fourth-order valence-electron chi connectivity index (χ4n) is 3.30. The first-order chi connectivity index (χ1) is 15.7. The molecule has 0 atom stereocenters. The maximum absolute atomic E-state index is 11.4. The molecule has 0 N–H and O–H groups in total. The van der Waals surface area contributed by atoms with E-state index in [1.165, 1.54) is 7.11 Å². The molecule has 5 heteroatoms. The second-order valence-corrected chi connectivity index (χ2v) is 7.35. The Kier molecular flexibility index (Phi) is 8.99. The number of ether oxygens (including phenoxy) is 4. The fraction of sp³-hybridized carbons (Fsp3) is 0.296. The van der Waals surface area contributed by atoms with Crippen LogP contribution in [0.3, 0.4) is 0 Å². The predicted molar refractivity (Wildman–Crippen MR) is 125 cm³/mol. The summed E-state index contributed by atoms with van der Waals surface area (Å²) in [5, 5.41) is 0. The minimum absolute atomic E-state index is 0.235. The van der Waals surface area contributed by atoms with E-state index < -0.39 is 0 Å². The molecule has 0 saturated carbocycles. The molecule has 0 radical (unpaired) electrons. The molecule has 0 aliphatic carbocycles. The molecule has 0 aliphatic rings. The summed E-state index contributed by atoms with van der Waals surface area (Å²) in [6.45, 7) is 3.20. The molecule has 32 heavy (non-hydrogen) atoms. The third kappa shape index (κ3) is 7.05. The molecule has 3 rings (SSSR count). The monoisotopic (exact) mass is 434 g/mol. The number of carbonyl (C=O) groups is 1. The molecule has 0 aliphatic heterocycles. The maximum Gasteiger partial charge on any atom is 0.309 e. The van der Waals surface area contributed by atoms with Gasteiger partial charge < -0.3 is 18.9 Å². The Morgan fingerprint density at radius 1 is 0.812 bits per heavy atom. The van der Waals surface area contributed by atoms with Crippen LogP contribution in [0.2, 0.25) is 0 Å². The van der Waals surface area contributed by atoms with Crippen molar-refractivity contribution in [2.45, 2.75) is 32.6 Å². The van der Waals surface area contributed by atoms with Crippen molar-refractivity contribution in [3.05, 3.63) is 83.9 Å². The number of hydrogen-bond acceptors (Lipinski definition) is 5. The number of hydrogen-bond donors (Lipinski definition) is 0. The van der Waals surface area contributed by atoms with E-state index in [-0.39, 0.29) is 12.4 Å². The van der Waals surface area contributed by atoms with Gasteiger partial charge in [-0.3, -0.25) is 4.79 Å². The lowest BCUT2D eigenvalue weighted by Crippen LogP contribution is -2.07. The third-order valence-electron chi connectivity index (χ3n) is 4.85. The molecule has 0 amide bonds. The van der Waals surface area contributed by atoms with Gasteiger partial charge in [0.1, 0.15) is 23.0 Å². The highest BCUT2D eigenvalue weighted by atomic mass is 16.5. The molecule has 0 saturated heterocycles. The van der Waals surface area contributed by atoms with Crippen molar-refractivity contribution in [1.29, 1.82) is 0 Å². The van der Waals surface area contributed by atoms with Crippen molar-refractivity contribution in [2.75, 3.05) is 20.3 Å². The van der Waals surface area contributed by atoms with Crippen molar-refractivity contribution in [2.24, 2.45) is 0 Å². The zero-order chi connectivity index (χ0) is 22.6. The summed E-state index contributed by atoms with van der Waals surface area (Å²) < 4.78 is 22.7. The lowest BCUT2D eigenvalue weighted by molar-refractivity contribution is -0.139. The van der Waals surface area contributed by atoms with Crippen LogP contribution in [0.5, 0.6) is 23.0 Å². The predicted octanol–water partition coefficient (Wildman–Crippen LogP) is 5.99. The standard InChI is InChI=1S/C27H30O5/c1-3-10-24-25(15-8-16-26(24)32-22-12-5-4-6-13-22)31-18-9-17-30-23-14-7-11-21(19-23)20-27(28)29-2/h4-8,11-16,19H,3,9-10,17-18,20H2,1-2H3. The van der Waals surface area contributed by atoms with Crippen LogP contribution >= 0.6 is 0 Å². The first-order valence-electron chi connectivity index (χ1n) is 11.0. The number of para-hydroxylation sites is 1. The number of esters is 1. The molecular weight excluding hydrogens is 404 g/mol. The molecule has 3 aromatic carbocycles. The Morgan fingerprint density at radius 2 is 1.53 bits per heavy atom. The van der Waals surface area contributed by atoms with Gasteiger partial charge in [0.15, 0.2) is 0 Å². The molecule has 3 aromatic rings. The SMILES string of the molecule is CCCc1c(OCCCOc2cccc(CC(=O)OC)c2)cccc1Oc1ccccc1. The second kappa shape index (κ2) is 12.4. The van der Waals surface area contributed by atoms with Crippen LogP contribution < -0.4 is 14.2 Å². The van der Waals surface area contributed by atoms with Gasteiger partial charge in [-0.05, 0) is 48.4 Å². The Bertz CT molecular complexity index is 984. The zero-order valence-corrected chi connectivity index (χ0v) is 18.7. The quantitative estimate of drug-likeness (QED) is 0.259. The summed E-state index contributed by atoms with van der Waals surface area (Å²) in [5.41, 5.74) is 1.94. The van der Waals surface area contributed by atoms with Gasteiger partial charge in [0.2, 0.25) is 0 Å². The first-order valence-corrected chi connectivity index (χ1v) is 11.0. The van der Waals surface area contributed by atoms with E-state index in [1.54, 1.807) is 0 Å². The van der Waals surface area contributed by atoms with Gasteiger partial charge in [0, 0.05) is 12.0 Å². The minimum Gasteiger partial charge on any atom is -0.493 e. The zero-order valence-electron chi connectivity index (χ0n) is 18.7. The highest BCUT2D eigenvalue weighted by Crippen LogP contribution is 2.33. The summed E-state index contributed by atoms with van der Waals surface area (Å²) in [5.74, 6) is 2.95. The molecule has 0 heterocycles. The Labute approximate surface area is 189 Å². The maximum atomic E-state index is 11.4. The van der Waals surface area contributed by atoms with E-state index in [2.05, 4.69) is 6.92 Å². The van der Waals surface area contributed by atoms with Crippen LogP contribution in [0.4, 0.5) is 0 Å². The Hall–Kier alpha value is -3.47. The van der Waals surface area contributed by atoms with Crippen molar-refractivity contribution < 1.29 is 23.7 Å². The molecule has 0 spiro atoms. The molecule has 0 aromatic heterocycles. The van der Waals surface area contributed by atoms with E-state index in [0.717, 1.165) is 53.4 Å². The average molecular weight is 435 g/mol. The normalized spacial score (nSPS) is 10.4. The summed E-state index contributed by atoms with van der Waals surface area (Å²) in [7, 11) is 1.39. The van der Waals surface area contributed by atoms with Gasteiger partial charge in [0.05, 0.1) is 26.7 Å². The van der Waals surface area contributed by atoms with Gasteiger partial charge in [-0.25, -0.2) is 0 Å². The largest absolute Gasteiger partial charge is 0.493 e. The fourth-order valence-corrected chi connectivity index (χ4v) is 3.30. The topological polar surface area (TPSA) is 54.0 Å². The molecular formula is C27H30O5. The van der Waals surface area contributed by atoms with Crippen LogP contribution in [0.25, 0.3) is 0 Å². The average Bonchev–Trinajstić information content (AvgIpc) is 2.81. The lowest BCUT2D eigenvalue weighted by atomic mass is 10.1. The Balaban J connectivity index is 1.53. The minimum atomic E-state index is -0.267. The highest BCUT2D eigenvalue weighted by Gasteiger charge is 2.11. The molecule has 5 nitrogen and oxygen atoms in total. The summed E-state index contributed by atoms with van der Waals surface area (Å²) in [4.78, 5) is 11.4. The third-order valence-corrected chi connectivity index (χ3v) is 4.85. The van der Waals surface area contributed by atoms with Crippen molar-refractivity contribution >= 4 is 5.97 Å². The van der Waals surface area contributed by atoms with Gasteiger partial charge >= 0.3 is 5.97 Å². The molecule has 0 bridgehead atoms. The van der Waals surface area contributed by atoms with Gasteiger partial charge in [-0.15, -0.1) is 0 Å². The molecule has 168 valence electrons. The molecule has 0 unspecified atom stereocenters. The van der Waals surface area contributed by atoms with E-state index in [1.807, 2.05) is 72.8 Å². The van der Waals surface area contributed by atoms with Crippen molar-refractivity contribution in [3.63, 3.8) is 0 Å². The number of carbonyl (C=O) groups excluding carboxylic acids is 1. The smallest absolute Gasteiger partial charge is 0.309 e. The van der Waals surface area contributed by atoms with E-state index in [9.17, 15) is 4.79 Å². The number of methoxy groups -OCH3 is 1. The van der Waals surface area contributed by atoms with Gasteiger partial charge in [0.25, 0.3) is 0 Å². The van der Waals surface area contributed by atoms with E-state index in [4.69, 9.17) is 18.9 Å². The van der Waals surface area contributed by atoms with Crippen molar-refractivity contribution in [3.8, 4) is 23.0 Å². The van der Waals surface area contributed by atoms with Crippen LogP contribution in [0.15, 0.2) is 72.8 Å². The van der Waals surface area contributed by atoms with Gasteiger partial charge in [-0.2, -0.15) is 0 Å². The van der Waals surface area contributed by atoms with E-state index >= 15 is 0 Å². The number of benzene rings is 3. The summed E-state index contributed by atoms with van der Waals surface area (Å²) in [6.07, 6.45) is 2.84. The van der Waals surface area contributed by atoms with Crippen LogP contribution in [0, 0.1) is 0 Å². The van der Waals surface area contributed by atoms with Crippen LogP contribution in [0.1, 0.15) is 30.9 Å². The summed E-state index contributed by atoms with van der Waals surface area (Å²) >= 11 is 0. The molecule has 0 fully saturated rings. The second-order valence-electron chi connectivity index (χ2n) is 7.35. The van der Waals surface area contributed by atoms with Gasteiger partial charge in [-0.1, -0.05) is 49.7 Å². The highest BCUT2D eigenvalue weighted by molar-refractivity contribution is 5.72. The Morgan fingerprint density at radius 3 is 2.31 bits per heavy atom. The van der Waals surface area contributed by atoms with Crippen LogP contribution in [-0.2, 0) is 22.4 Å². The van der Waals surface area contributed by atoms with Crippen molar-refractivity contribution in [1.82, 2.24) is 0 Å². The lowest BCUT2D eigenvalue weighted by Gasteiger charge is -2.16. The summed E-state index contributed by atoms with van der Waals surface area (Å²) in [6, 6.07) is 23.2. The number of rotatable bonds is 12. The van der Waals surface area contributed by atoms with E-state index in [0.29, 0.717) is 13.2 Å². The van der Waals surface area contributed by atoms with Crippen LogP contribution in [-0.4, -0.2) is 26.3 Å².